The van der Waals surface area contributed by atoms with Crippen molar-refractivity contribution in [3.63, 3.8) is 0 Å². The van der Waals surface area contributed by atoms with Crippen molar-refractivity contribution in [2.75, 3.05) is 24.5 Å². The van der Waals surface area contributed by atoms with Crippen LogP contribution in [0.3, 0.4) is 0 Å². The molecule has 1 spiro atoms. The van der Waals surface area contributed by atoms with Crippen LogP contribution in [0.5, 0.6) is 0 Å². The molecular formula is C26H34N2O2. The molecule has 0 bridgehead atoms. The van der Waals surface area contributed by atoms with Crippen molar-refractivity contribution in [1.29, 1.82) is 0 Å². The van der Waals surface area contributed by atoms with Crippen LogP contribution < -0.4 is 4.90 Å². The molecule has 160 valence electrons. The predicted octanol–water partition coefficient (Wildman–Crippen LogP) is 6.42. The van der Waals surface area contributed by atoms with Gasteiger partial charge in [0.2, 0.25) is 0 Å². The Bertz CT molecular complexity index is 850. The second kappa shape index (κ2) is 8.71. The largest absolute Gasteiger partial charge is 0.441 e. The monoisotopic (exact) mass is 406 g/mol. The number of carbonyl (C=O) groups excluding carboxylic acids is 1. The van der Waals surface area contributed by atoms with Gasteiger partial charge in [-0.25, -0.2) is 4.79 Å². The number of hydrogen-bond acceptors (Lipinski definition) is 3. The maximum atomic E-state index is 12.6. The Labute approximate surface area is 180 Å². The van der Waals surface area contributed by atoms with E-state index in [1.54, 1.807) is 0 Å². The molecule has 30 heavy (non-hydrogen) atoms. The molecule has 2 aromatic rings. The average molecular weight is 407 g/mol. The lowest BCUT2D eigenvalue weighted by molar-refractivity contribution is 0.0259. The zero-order chi connectivity index (χ0) is 21.1. The van der Waals surface area contributed by atoms with E-state index in [1.165, 1.54) is 23.2 Å². The Morgan fingerprint density at radius 2 is 1.50 bits per heavy atom. The van der Waals surface area contributed by atoms with Crippen molar-refractivity contribution in [3.8, 4) is 11.1 Å². The number of amides is 1. The van der Waals surface area contributed by atoms with Crippen LogP contribution in [-0.2, 0) is 4.74 Å². The fourth-order valence-corrected chi connectivity index (χ4v) is 4.99. The molecule has 1 aliphatic carbocycles. The van der Waals surface area contributed by atoms with Gasteiger partial charge in [-0.3, -0.25) is 4.90 Å². The van der Waals surface area contributed by atoms with Crippen LogP contribution in [-0.4, -0.2) is 36.2 Å². The third-order valence-electron chi connectivity index (χ3n) is 6.95. The molecule has 0 radical (unpaired) electrons. The molecule has 1 amide bonds. The van der Waals surface area contributed by atoms with E-state index in [4.69, 9.17) is 4.74 Å². The van der Waals surface area contributed by atoms with E-state index < -0.39 is 0 Å². The summed E-state index contributed by atoms with van der Waals surface area (Å²) in [6.45, 7) is 9.23. The second-order valence-electron chi connectivity index (χ2n) is 8.76. The highest BCUT2D eigenvalue weighted by atomic mass is 16.6. The van der Waals surface area contributed by atoms with Crippen LogP contribution in [0.15, 0.2) is 48.5 Å². The second-order valence-corrected chi connectivity index (χ2v) is 8.76. The van der Waals surface area contributed by atoms with E-state index in [9.17, 15) is 4.79 Å². The van der Waals surface area contributed by atoms with Crippen LogP contribution in [0, 0.1) is 0 Å². The summed E-state index contributed by atoms with van der Waals surface area (Å²) >= 11 is 0. The summed E-state index contributed by atoms with van der Waals surface area (Å²) in [6, 6.07) is 17.4. The van der Waals surface area contributed by atoms with Crippen molar-refractivity contribution in [3.05, 3.63) is 54.1 Å². The molecule has 4 rings (SSSR count). The van der Waals surface area contributed by atoms with E-state index in [-0.39, 0.29) is 17.7 Å². The third-order valence-corrected chi connectivity index (χ3v) is 6.95. The topological polar surface area (TPSA) is 32.8 Å². The van der Waals surface area contributed by atoms with Gasteiger partial charge in [-0.05, 0) is 75.3 Å². The van der Waals surface area contributed by atoms with Crippen LogP contribution in [0.4, 0.5) is 10.5 Å². The summed E-state index contributed by atoms with van der Waals surface area (Å²) in [5, 5.41) is 0. The lowest BCUT2D eigenvalue weighted by atomic mass is 9.84. The van der Waals surface area contributed by atoms with Gasteiger partial charge in [0.25, 0.3) is 0 Å². The Morgan fingerprint density at radius 1 is 0.933 bits per heavy atom. The highest BCUT2D eigenvalue weighted by molar-refractivity contribution is 5.72. The molecule has 4 heteroatoms. The summed E-state index contributed by atoms with van der Waals surface area (Å²) in [5.41, 5.74) is 4.59. The summed E-state index contributed by atoms with van der Waals surface area (Å²) in [7, 11) is 0. The molecular weight excluding hydrogens is 372 g/mol. The minimum Gasteiger partial charge on any atom is -0.441 e. The van der Waals surface area contributed by atoms with Crippen molar-refractivity contribution in [2.24, 2.45) is 0 Å². The van der Waals surface area contributed by atoms with Gasteiger partial charge in [-0.15, -0.1) is 0 Å². The number of ether oxygens (including phenoxy) is 1. The van der Waals surface area contributed by atoms with Crippen molar-refractivity contribution in [1.82, 2.24) is 4.90 Å². The van der Waals surface area contributed by atoms with Gasteiger partial charge in [0, 0.05) is 18.8 Å². The van der Waals surface area contributed by atoms with Gasteiger partial charge in [0.05, 0.1) is 12.6 Å². The van der Waals surface area contributed by atoms with E-state index in [1.807, 2.05) is 4.90 Å². The van der Waals surface area contributed by atoms with E-state index in [0.717, 1.165) is 50.9 Å². The molecule has 2 fully saturated rings. The third kappa shape index (κ3) is 4.05. The van der Waals surface area contributed by atoms with Gasteiger partial charge < -0.3 is 9.64 Å². The van der Waals surface area contributed by atoms with Gasteiger partial charge in [-0.2, -0.15) is 0 Å². The summed E-state index contributed by atoms with van der Waals surface area (Å²) in [4.78, 5) is 16.9. The Morgan fingerprint density at radius 3 is 2.07 bits per heavy atom. The van der Waals surface area contributed by atoms with Crippen LogP contribution in [0.2, 0.25) is 0 Å². The Balaban J connectivity index is 1.46. The highest BCUT2D eigenvalue weighted by Gasteiger charge is 2.47. The molecule has 1 heterocycles. The number of nitrogens with zero attached hydrogens (tertiary/aromatic N) is 2. The van der Waals surface area contributed by atoms with Gasteiger partial charge in [0.1, 0.15) is 5.60 Å². The van der Waals surface area contributed by atoms with Crippen LogP contribution in [0.1, 0.15) is 64.5 Å². The summed E-state index contributed by atoms with van der Waals surface area (Å²) in [5.74, 6) is 0. The number of anilines is 1. The first-order valence-corrected chi connectivity index (χ1v) is 11.5. The Hall–Kier alpha value is -2.49. The molecule has 4 nitrogen and oxygen atoms in total. The normalized spacial score (nSPS) is 19.0. The first kappa shape index (κ1) is 20.8. The standard InChI is InChI=1S/C26H34N2O2/c1-4-27(5-2)24-15-13-23(14-16-24)22-11-9-21(10-12-22)20(3)28-19-26(30-25(28)29)17-7-6-8-18-26/h9-16,20H,4-8,17-19H2,1-3H3. The molecule has 1 unspecified atom stereocenters. The molecule has 0 N–H and O–H groups in total. The molecule has 1 atom stereocenters. The zero-order valence-electron chi connectivity index (χ0n) is 18.6. The van der Waals surface area contributed by atoms with E-state index in [2.05, 4.69) is 74.2 Å². The van der Waals surface area contributed by atoms with Crippen LogP contribution >= 0.6 is 0 Å². The van der Waals surface area contributed by atoms with Crippen molar-refractivity contribution >= 4 is 11.8 Å². The fraction of sp³-hybridized carbons (Fsp3) is 0.500. The molecule has 1 saturated heterocycles. The number of rotatable bonds is 6. The molecule has 0 aromatic heterocycles. The average Bonchev–Trinajstić information content (AvgIpc) is 3.10. The van der Waals surface area contributed by atoms with E-state index in [0.29, 0.717) is 0 Å². The zero-order valence-corrected chi connectivity index (χ0v) is 18.6. The smallest absolute Gasteiger partial charge is 0.411 e. The highest BCUT2D eigenvalue weighted by Crippen LogP contribution is 2.40. The number of benzene rings is 2. The molecule has 2 aliphatic rings. The quantitative estimate of drug-likeness (QED) is 0.555. The van der Waals surface area contributed by atoms with Gasteiger partial charge in [-0.1, -0.05) is 42.8 Å². The maximum absolute atomic E-state index is 12.6. The first-order valence-electron chi connectivity index (χ1n) is 11.5. The lowest BCUT2D eigenvalue weighted by Crippen LogP contribution is -2.37. The van der Waals surface area contributed by atoms with Crippen molar-refractivity contribution in [2.45, 2.75) is 64.5 Å². The minimum atomic E-state index is -0.240. The summed E-state index contributed by atoms with van der Waals surface area (Å²) in [6.07, 6.45) is 5.44. The summed E-state index contributed by atoms with van der Waals surface area (Å²) < 4.78 is 5.87. The number of carbonyl (C=O) groups is 1. The Kier molecular flexibility index (Phi) is 6.03. The lowest BCUT2D eigenvalue weighted by Gasteiger charge is -2.31. The predicted molar refractivity (Wildman–Crippen MR) is 123 cm³/mol. The van der Waals surface area contributed by atoms with E-state index >= 15 is 0 Å². The molecule has 1 saturated carbocycles. The number of hydrogen-bond donors (Lipinski definition) is 0. The molecule has 1 aliphatic heterocycles. The molecule has 2 aromatic carbocycles. The fourth-order valence-electron chi connectivity index (χ4n) is 4.99. The minimum absolute atomic E-state index is 0.0258. The van der Waals surface area contributed by atoms with Gasteiger partial charge in [0.15, 0.2) is 0 Å². The van der Waals surface area contributed by atoms with Crippen molar-refractivity contribution < 1.29 is 9.53 Å². The van der Waals surface area contributed by atoms with Gasteiger partial charge >= 0.3 is 6.09 Å². The maximum Gasteiger partial charge on any atom is 0.411 e. The van der Waals surface area contributed by atoms with Crippen LogP contribution in [0.25, 0.3) is 11.1 Å². The first-order chi connectivity index (χ1) is 14.5. The SMILES string of the molecule is CCN(CC)c1ccc(-c2ccc(C(C)N3CC4(CCCCC4)OC3=O)cc2)cc1.